The normalized spacial score (nSPS) is 24.8. The number of halogens is 3. The van der Waals surface area contributed by atoms with Gasteiger partial charge >= 0.3 is 6.01 Å². The van der Waals surface area contributed by atoms with Crippen LogP contribution in [0.2, 0.25) is 0 Å². The zero-order valence-corrected chi connectivity index (χ0v) is 26.0. The van der Waals surface area contributed by atoms with Gasteiger partial charge in [-0.15, -0.1) is 0 Å². The molecule has 1 saturated heterocycles. The van der Waals surface area contributed by atoms with Crippen LogP contribution in [0.1, 0.15) is 47.8 Å². The fourth-order valence-electron chi connectivity index (χ4n) is 6.35. The maximum absolute atomic E-state index is 14.4. The third kappa shape index (κ3) is 5.37. The van der Waals surface area contributed by atoms with Crippen molar-refractivity contribution in [3.05, 3.63) is 50.7 Å². The Morgan fingerprint density at radius 2 is 1.98 bits per heavy atom. The number of alkyl halides is 2. The molecule has 42 heavy (non-hydrogen) atoms. The average molecular weight is 694 g/mol. The lowest BCUT2D eigenvalue weighted by atomic mass is 9.95. The first-order valence-corrected chi connectivity index (χ1v) is 15.1. The third-order valence-corrected chi connectivity index (χ3v) is 9.35. The van der Waals surface area contributed by atoms with Gasteiger partial charge in [0.25, 0.3) is 11.8 Å². The first-order valence-electron chi connectivity index (χ1n) is 14.0. The summed E-state index contributed by atoms with van der Waals surface area (Å²) in [5, 5.41) is 22.7. The summed E-state index contributed by atoms with van der Waals surface area (Å²) in [6, 6.07) is 8.75. The number of hydrogen-bond acceptors (Lipinski definition) is 8. The minimum atomic E-state index is -2.83. The highest BCUT2D eigenvalue weighted by atomic mass is 127. The molecule has 2 N–H and O–H groups in total. The Hall–Kier alpha value is -2.84. The second-order valence-electron chi connectivity index (χ2n) is 12.5. The Bertz CT molecular complexity index is 1570. The SMILES string of the molecule is CN(C)C[C@@]1(COc2nc3c(c(N4CCC[C@@](C)(O)C4)n2)CN(C(=O)c2cc(O)cc4cccc(I)c24)C3)CC1(F)F. The smallest absolute Gasteiger partial charge is 0.318 e. The number of β-amino-alcohol motifs (C(OH)–C–C–N with tert-alkyl or cyclic N) is 1. The van der Waals surface area contributed by atoms with Crippen LogP contribution in [0.5, 0.6) is 11.8 Å². The summed E-state index contributed by atoms with van der Waals surface area (Å²) < 4.78 is 35.6. The zero-order valence-electron chi connectivity index (χ0n) is 23.8. The van der Waals surface area contributed by atoms with Gasteiger partial charge in [0.1, 0.15) is 18.2 Å². The molecule has 2 fully saturated rings. The van der Waals surface area contributed by atoms with E-state index in [1.165, 1.54) is 6.07 Å². The van der Waals surface area contributed by atoms with Crippen LogP contribution in [0.25, 0.3) is 10.8 Å². The summed E-state index contributed by atoms with van der Waals surface area (Å²) in [6.45, 7) is 3.10. The number of carbonyl (C=O) groups is 1. The van der Waals surface area contributed by atoms with Crippen molar-refractivity contribution < 1.29 is 28.5 Å². The van der Waals surface area contributed by atoms with Crippen molar-refractivity contribution in [3.63, 3.8) is 0 Å². The number of ether oxygens (including phenoxy) is 1. The Morgan fingerprint density at radius 3 is 2.67 bits per heavy atom. The molecule has 224 valence electrons. The monoisotopic (exact) mass is 693 g/mol. The van der Waals surface area contributed by atoms with Gasteiger partial charge in [0.2, 0.25) is 0 Å². The Morgan fingerprint density at radius 1 is 1.21 bits per heavy atom. The molecule has 1 aliphatic carbocycles. The van der Waals surface area contributed by atoms with Gasteiger partial charge in [-0.2, -0.15) is 9.97 Å². The Labute approximate surface area is 256 Å². The molecule has 0 spiro atoms. The highest BCUT2D eigenvalue weighted by Crippen LogP contribution is 2.60. The van der Waals surface area contributed by atoms with Crippen LogP contribution in [-0.4, -0.2) is 87.7 Å². The van der Waals surface area contributed by atoms with Crippen molar-refractivity contribution in [2.45, 2.75) is 50.8 Å². The number of carbonyl (C=O) groups excluding carboxylic acids is 1. The lowest BCUT2D eigenvalue weighted by molar-refractivity contribution is 0.0285. The van der Waals surface area contributed by atoms with E-state index < -0.39 is 16.9 Å². The Kier molecular flexibility index (Phi) is 7.25. The van der Waals surface area contributed by atoms with Gasteiger partial charge in [-0.05, 0) is 80.0 Å². The highest BCUT2D eigenvalue weighted by molar-refractivity contribution is 14.1. The maximum Gasteiger partial charge on any atom is 0.318 e. The summed E-state index contributed by atoms with van der Waals surface area (Å²) in [7, 11) is 3.51. The highest BCUT2D eigenvalue weighted by Gasteiger charge is 2.71. The van der Waals surface area contributed by atoms with E-state index >= 15 is 0 Å². The van der Waals surface area contributed by atoms with E-state index in [4.69, 9.17) is 4.74 Å². The van der Waals surface area contributed by atoms with Crippen molar-refractivity contribution in [3.8, 4) is 11.8 Å². The van der Waals surface area contributed by atoms with Crippen LogP contribution >= 0.6 is 22.6 Å². The first kappa shape index (κ1) is 29.2. The quantitative estimate of drug-likeness (QED) is 0.351. The van der Waals surface area contributed by atoms with Crippen LogP contribution in [-0.2, 0) is 13.1 Å². The van der Waals surface area contributed by atoms with E-state index in [-0.39, 0.29) is 50.3 Å². The van der Waals surface area contributed by atoms with Crippen molar-refractivity contribution in [1.82, 2.24) is 19.8 Å². The molecule has 0 unspecified atom stereocenters. The van der Waals surface area contributed by atoms with Gasteiger partial charge in [-0.1, -0.05) is 12.1 Å². The molecule has 3 heterocycles. The molecule has 0 radical (unpaired) electrons. The molecule has 1 amide bonds. The molecular formula is C30H34F2IN5O4. The molecule has 9 nitrogen and oxygen atoms in total. The minimum Gasteiger partial charge on any atom is -0.508 e. The van der Waals surface area contributed by atoms with Gasteiger partial charge in [0, 0.05) is 40.6 Å². The average Bonchev–Trinajstić information content (AvgIpc) is 3.21. The standard InChI is InChI=1S/C30H34F2IN5O4/c1-28(41)8-5-9-37(15-28)25-21-12-38(26(40)20-11-19(39)10-18-6-4-7-22(33)24(18)20)13-23(21)34-27(35-25)42-17-29(16-36(2)3)14-30(29,31)32/h4,6-7,10-11,39,41H,5,8-9,12-17H2,1-3H3/t28-,29-/m1/s1. The number of hydrogen-bond donors (Lipinski definition) is 2. The summed E-state index contributed by atoms with van der Waals surface area (Å²) in [4.78, 5) is 28.6. The van der Waals surface area contributed by atoms with Gasteiger partial charge < -0.3 is 29.6 Å². The van der Waals surface area contributed by atoms with Crippen LogP contribution < -0.4 is 9.64 Å². The summed E-state index contributed by atoms with van der Waals surface area (Å²) in [5.74, 6) is -2.54. The van der Waals surface area contributed by atoms with Crippen molar-refractivity contribution >= 4 is 45.1 Å². The number of benzene rings is 2. The van der Waals surface area contributed by atoms with E-state index in [0.29, 0.717) is 36.6 Å². The lowest BCUT2D eigenvalue weighted by Gasteiger charge is -2.38. The van der Waals surface area contributed by atoms with Gasteiger partial charge in [-0.3, -0.25) is 4.79 Å². The van der Waals surface area contributed by atoms with Gasteiger partial charge in [0.05, 0.1) is 35.4 Å². The molecule has 6 rings (SSSR count). The molecule has 2 atom stereocenters. The largest absolute Gasteiger partial charge is 0.508 e. The number of fused-ring (bicyclic) bond motifs is 2. The molecule has 0 bridgehead atoms. The number of phenolic OH excluding ortho intramolecular Hbond substituents is 1. The predicted molar refractivity (Wildman–Crippen MR) is 162 cm³/mol. The topological polar surface area (TPSA) is 102 Å². The van der Waals surface area contributed by atoms with E-state index in [0.717, 1.165) is 26.3 Å². The third-order valence-electron chi connectivity index (χ3n) is 8.45. The first-order chi connectivity index (χ1) is 19.8. The number of amides is 1. The fraction of sp³-hybridized carbons (Fsp3) is 0.500. The number of aliphatic hydroxyl groups is 1. The summed E-state index contributed by atoms with van der Waals surface area (Å²) >= 11 is 2.19. The molecule has 3 aliphatic rings. The van der Waals surface area contributed by atoms with E-state index in [1.807, 2.05) is 23.1 Å². The second-order valence-corrected chi connectivity index (χ2v) is 13.6. The molecule has 1 saturated carbocycles. The number of rotatable bonds is 7. The fourth-order valence-corrected chi connectivity index (χ4v) is 7.16. The second kappa shape index (κ2) is 10.4. The maximum atomic E-state index is 14.4. The molecule has 3 aromatic rings. The van der Waals surface area contributed by atoms with Gasteiger partial charge in [-0.25, -0.2) is 8.78 Å². The number of piperidine rings is 1. The van der Waals surface area contributed by atoms with E-state index in [9.17, 15) is 23.8 Å². The van der Waals surface area contributed by atoms with Crippen molar-refractivity contribution in [1.29, 1.82) is 0 Å². The van der Waals surface area contributed by atoms with Crippen molar-refractivity contribution in [2.24, 2.45) is 5.41 Å². The predicted octanol–water partition coefficient (Wildman–Crippen LogP) is 4.41. The number of phenols is 1. The number of aromatic hydroxyl groups is 1. The molecule has 12 heteroatoms. The van der Waals surface area contributed by atoms with E-state index in [2.05, 4.69) is 32.6 Å². The van der Waals surface area contributed by atoms with Crippen LogP contribution in [0, 0.1) is 8.99 Å². The van der Waals surface area contributed by atoms with Crippen molar-refractivity contribution in [2.75, 3.05) is 45.2 Å². The van der Waals surface area contributed by atoms with Gasteiger partial charge in [0.15, 0.2) is 0 Å². The number of aromatic nitrogens is 2. The van der Waals surface area contributed by atoms with Crippen LogP contribution in [0.4, 0.5) is 14.6 Å². The summed E-state index contributed by atoms with van der Waals surface area (Å²) in [6.07, 6.45) is 1.14. The Balaban J connectivity index is 1.33. The van der Waals surface area contributed by atoms with Crippen LogP contribution in [0.3, 0.4) is 0 Å². The number of nitrogens with zero attached hydrogens (tertiary/aromatic N) is 5. The number of anilines is 1. The lowest BCUT2D eigenvalue weighted by Crippen LogP contribution is -2.47. The summed E-state index contributed by atoms with van der Waals surface area (Å²) in [5.41, 5.74) is -0.516. The van der Waals surface area contributed by atoms with Crippen LogP contribution in [0.15, 0.2) is 30.3 Å². The molecular weight excluding hydrogens is 659 g/mol. The molecule has 2 aliphatic heterocycles. The zero-order chi connectivity index (χ0) is 30.0. The molecule has 2 aromatic carbocycles. The minimum absolute atomic E-state index is 0.000178. The molecule has 1 aromatic heterocycles. The van der Waals surface area contributed by atoms with E-state index in [1.54, 1.807) is 36.9 Å².